The van der Waals surface area contributed by atoms with E-state index >= 15 is 0 Å². The monoisotopic (exact) mass is 576 g/mol. The normalized spacial score (nSPS) is 40.4. The predicted molar refractivity (Wildman–Crippen MR) is 141 cm³/mol. The van der Waals surface area contributed by atoms with Gasteiger partial charge in [-0.15, -0.1) is 0 Å². The van der Waals surface area contributed by atoms with Crippen molar-refractivity contribution in [2.75, 3.05) is 0 Å². The Kier molecular flexibility index (Phi) is 7.45. The van der Waals surface area contributed by atoms with Crippen LogP contribution in [0.2, 0.25) is 0 Å². The highest BCUT2D eigenvalue weighted by Gasteiger charge is 2.85. The fourth-order valence-electron chi connectivity index (χ4n) is 9.09. The molecule has 4 aliphatic rings. The molecule has 11 nitrogen and oxygen atoms in total. The second kappa shape index (κ2) is 9.94. The van der Waals surface area contributed by atoms with Crippen molar-refractivity contribution in [2.24, 2.45) is 28.1 Å². The summed E-state index contributed by atoms with van der Waals surface area (Å²) >= 11 is 0. The number of hydrogen-bond donors (Lipinski definition) is 0. The lowest BCUT2D eigenvalue weighted by Crippen LogP contribution is -2.76. The minimum atomic E-state index is -1.88. The highest BCUT2D eigenvalue weighted by atomic mass is 16.6. The number of fused-ring (bicyclic) bond motifs is 3. The number of rotatable bonds is 5. The molecule has 0 radical (unpaired) electrons. The Bertz CT molecular complexity index is 1220. The van der Waals surface area contributed by atoms with Gasteiger partial charge in [0.15, 0.2) is 17.5 Å². The molecule has 11 heteroatoms. The molecular weight excluding hydrogens is 536 g/mol. The smallest absolute Gasteiger partial charge is 0.303 e. The first-order chi connectivity index (χ1) is 18.8. The topological polar surface area (TPSA) is 149 Å². The number of hydrogen-bond acceptors (Lipinski definition) is 11. The number of Topliss-reactive ketones (excluding diaryl/α,β-unsaturated/α-hetero) is 1. The van der Waals surface area contributed by atoms with Crippen molar-refractivity contribution in [3.63, 3.8) is 0 Å². The third-order valence-electron chi connectivity index (χ3n) is 10.1. The van der Waals surface area contributed by atoms with E-state index in [1.165, 1.54) is 20.8 Å². The van der Waals surface area contributed by atoms with Crippen molar-refractivity contribution in [3.8, 4) is 0 Å². The summed E-state index contributed by atoms with van der Waals surface area (Å²) in [6.45, 7) is 16.1. The zero-order valence-corrected chi connectivity index (χ0v) is 25.0. The van der Waals surface area contributed by atoms with E-state index in [1.54, 1.807) is 0 Å². The number of carbonyl (C=O) groups excluding carboxylic acids is 6. The van der Waals surface area contributed by atoms with Gasteiger partial charge in [0.1, 0.15) is 23.7 Å². The summed E-state index contributed by atoms with van der Waals surface area (Å²) in [5.74, 6) is -5.25. The molecule has 4 fully saturated rings. The third-order valence-corrected chi connectivity index (χ3v) is 10.1. The van der Waals surface area contributed by atoms with Crippen LogP contribution in [0, 0.1) is 28.1 Å². The SMILES string of the molecule is C=C1C(=O)C23C(OC(C)=O)CC4C(C)(C)CCC(OC(C)=O)C4(C)C2C(OC(C)=O)CC1(OC(C)=O)C3OC(C)=O. The number of carbonyl (C=O) groups is 6. The van der Waals surface area contributed by atoms with Gasteiger partial charge in [-0.3, -0.25) is 28.8 Å². The molecule has 4 rings (SSSR count). The Morgan fingerprint density at radius 1 is 0.780 bits per heavy atom. The standard InChI is InChI=1S/C30H40O11/c1-14-25(36)30-23(39-17(4)33)12-21-27(7,8)11-10-22(38-16(3)32)28(21,9)24(30)20(37-15(2)31)13-29(14,41-19(6)35)26(30)40-18(5)34/h20-24,26H,1,10-13H2,2-9H3. The molecule has 2 bridgehead atoms. The van der Waals surface area contributed by atoms with Crippen molar-refractivity contribution in [1.82, 2.24) is 0 Å². The Hall–Kier alpha value is -3.24. The van der Waals surface area contributed by atoms with Crippen LogP contribution in [0.4, 0.5) is 0 Å². The van der Waals surface area contributed by atoms with Crippen LogP contribution in [0.3, 0.4) is 0 Å². The van der Waals surface area contributed by atoms with Gasteiger partial charge in [0.2, 0.25) is 0 Å². The van der Waals surface area contributed by atoms with Gasteiger partial charge >= 0.3 is 29.8 Å². The lowest BCUT2D eigenvalue weighted by Gasteiger charge is -2.68. The van der Waals surface area contributed by atoms with E-state index in [0.29, 0.717) is 12.8 Å². The molecule has 226 valence electrons. The Balaban J connectivity index is 2.13. The van der Waals surface area contributed by atoms with Crippen molar-refractivity contribution < 1.29 is 52.5 Å². The van der Waals surface area contributed by atoms with Crippen molar-refractivity contribution >= 4 is 35.6 Å². The molecule has 0 heterocycles. The molecule has 0 aromatic heterocycles. The summed E-state index contributed by atoms with van der Waals surface area (Å²) in [6.07, 6.45) is -3.36. The van der Waals surface area contributed by atoms with Crippen LogP contribution in [0.25, 0.3) is 0 Å². The van der Waals surface area contributed by atoms with E-state index in [1.807, 2.05) is 6.92 Å². The van der Waals surface area contributed by atoms with Gasteiger partial charge in [-0.1, -0.05) is 27.4 Å². The zero-order valence-electron chi connectivity index (χ0n) is 25.0. The molecular formula is C30H40O11. The van der Waals surface area contributed by atoms with Crippen LogP contribution in [-0.2, 0) is 52.5 Å². The molecule has 0 N–H and O–H groups in total. The number of esters is 5. The molecule has 1 spiro atoms. The maximum atomic E-state index is 14.7. The Morgan fingerprint density at radius 2 is 1.32 bits per heavy atom. The fraction of sp³-hybridized carbons (Fsp3) is 0.733. The van der Waals surface area contributed by atoms with Crippen LogP contribution in [0.5, 0.6) is 0 Å². The minimum Gasteiger partial charge on any atom is -0.462 e. The van der Waals surface area contributed by atoms with E-state index < -0.39 is 82.4 Å². The number of ether oxygens (including phenoxy) is 5. The summed E-state index contributed by atoms with van der Waals surface area (Å²) in [6, 6.07) is 0. The quantitative estimate of drug-likeness (QED) is 0.270. The molecule has 9 atom stereocenters. The molecule has 9 unspecified atom stereocenters. The summed E-state index contributed by atoms with van der Waals surface area (Å²) in [7, 11) is 0. The molecule has 4 aliphatic carbocycles. The van der Waals surface area contributed by atoms with Crippen LogP contribution in [-0.4, -0.2) is 65.6 Å². The second-order valence-electron chi connectivity index (χ2n) is 12.9. The summed E-state index contributed by atoms with van der Waals surface area (Å²) in [5, 5.41) is 0. The maximum Gasteiger partial charge on any atom is 0.303 e. The molecule has 4 saturated carbocycles. The first-order valence-electron chi connectivity index (χ1n) is 14.0. The lowest BCUT2D eigenvalue weighted by atomic mass is 9.38. The van der Waals surface area contributed by atoms with Gasteiger partial charge in [0.05, 0.1) is 0 Å². The highest BCUT2D eigenvalue weighted by Crippen LogP contribution is 2.74. The van der Waals surface area contributed by atoms with Crippen LogP contribution < -0.4 is 0 Å². The summed E-state index contributed by atoms with van der Waals surface area (Å²) in [4.78, 5) is 77.5. The highest BCUT2D eigenvalue weighted by molar-refractivity contribution is 6.07. The van der Waals surface area contributed by atoms with Gasteiger partial charge < -0.3 is 23.7 Å². The van der Waals surface area contributed by atoms with Crippen molar-refractivity contribution in [2.45, 2.75) is 111 Å². The van der Waals surface area contributed by atoms with E-state index in [2.05, 4.69) is 20.4 Å². The van der Waals surface area contributed by atoms with E-state index in [0.717, 1.165) is 13.8 Å². The summed E-state index contributed by atoms with van der Waals surface area (Å²) < 4.78 is 29.5. The van der Waals surface area contributed by atoms with Crippen LogP contribution in [0.1, 0.15) is 81.1 Å². The fourth-order valence-corrected chi connectivity index (χ4v) is 9.09. The molecule has 0 saturated heterocycles. The molecule has 0 amide bonds. The van der Waals surface area contributed by atoms with Gasteiger partial charge in [0.25, 0.3) is 0 Å². The first-order valence-corrected chi connectivity index (χ1v) is 14.0. The second-order valence-corrected chi connectivity index (χ2v) is 12.9. The largest absolute Gasteiger partial charge is 0.462 e. The van der Waals surface area contributed by atoms with Gasteiger partial charge in [-0.2, -0.15) is 0 Å². The summed E-state index contributed by atoms with van der Waals surface area (Å²) in [5.41, 5.74) is -5.30. The van der Waals surface area contributed by atoms with E-state index in [4.69, 9.17) is 23.7 Å². The molecule has 0 aliphatic heterocycles. The predicted octanol–water partition coefficient (Wildman–Crippen LogP) is 3.01. The zero-order chi connectivity index (χ0) is 30.9. The van der Waals surface area contributed by atoms with Crippen LogP contribution in [0.15, 0.2) is 12.2 Å². The van der Waals surface area contributed by atoms with Gasteiger partial charge in [-0.05, 0) is 30.6 Å². The lowest BCUT2D eigenvalue weighted by molar-refractivity contribution is -0.299. The van der Waals surface area contributed by atoms with Gasteiger partial charge in [0, 0.05) is 57.9 Å². The van der Waals surface area contributed by atoms with Crippen LogP contribution >= 0.6 is 0 Å². The maximum absolute atomic E-state index is 14.7. The average molecular weight is 577 g/mol. The Morgan fingerprint density at radius 3 is 1.83 bits per heavy atom. The van der Waals surface area contributed by atoms with E-state index in [9.17, 15) is 28.8 Å². The number of ketones is 1. The van der Waals surface area contributed by atoms with E-state index in [-0.39, 0.29) is 29.7 Å². The van der Waals surface area contributed by atoms with Crippen molar-refractivity contribution in [3.05, 3.63) is 12.2 Å². The minimum absolute atomic E-state index is 0.142. The first kappa shape index (κ1) is 30.7. The Labute approximate surface area is 239 Å². The van der Waals surface area contributed by atoms with Gasteiger partial charge in [-0.25, -0.2) is 0 Å². The molecule has 0 aromatic rings. The third kappa shape index (κ3) is 4.37. The average Bonchev–Trinajstić information content (AvgIpc) is 2.91. The van der Waals surface area contributed by atoms with Crippen molar-refractivity contribution in [1.29, 1.82) is 0 Å². The molecule has 41 heavy (non-hydrogen) atoms. The molecule has 0 aromatic carbocycles.